The van der Waals surface area contributed by atoms with Gasteiger partial charge in [-0.05, 0) is 43.2 Å². The average Bonchev–Trinajstić information content (AvgIpc) is 2.71. The van der Waals surface area contributed by atoms with Crippen molar-refractivity contribution in [3.05, 3.63) is 46.8 Å². The number of aromatic nitrogens is 2. The summed E-state index contributed by atoms with van der Waals surface area (Å²) in [7, 11) is 3.64. The molecule has 0 aliphatic carbocycles. The molecule has 0 aliphatic rings. The van der Waals surface area contributed by atoms with E-state index >= 15 is 0 Å². The molecule has 1 atom stereocenters. The number of nitrogens with zero attached hydrogens (tertiary/aromatic N) is 2. The molecule has 0 amide bonds. The maximum Gasteiger partial charge on any atom is 0.119 e. The second-order valence-corrected chi connectivity index (χ2v) is 4.84. The van der Waals surface area contributed by atoms with E-state index in [2.05, 4.69) is 24.2 Å². The smallest absolute Gasteiger partial charge is 0.119 e. The minimum Gasteiger partial charge on any atom is -0.497 e. The zero-order valence-corrected chi connectivity index (χ0v) is 12.0. The van der Waals surface area contributed by atoms with Crippen molar-refractivity contribution in [3.63, 3.8) is 0 Å². The first-order chi connectivity index (χ1) is 9.06. The standard InChI is InChI=1S/C15H21N3O/c1-10-7-12(19-4)5-6-13(10)14(9-16)15-8-11(2)17-18(15)3/h5-8,14H,9,16H2,1-4H3. The summed E-state index contributed by atoms with van der Waals surface area (Å²) < 4.78 is 7.16. The first kappa shape index (κ1) is 13.6. The highest BCUT2D eigenvalue weighted by Crippen LogP contribution is 2.28. The number of hydrogen-bond acceptors (Lipinski definition) is 3. The number of nitrogens with two attached hydrogens (primary N) is 1. The molecule has 0 fully saturated rings. The SMILES string of the molecule is COc1ccc(C(CN)c2cc(C)nn2C)c(C)c1. The largest absolute Gasteiger partial charge is 0.497 e. The van der Waals surface area contributed by atoms with Crippen molar-refractivity contribution in [3.8, 4) is 5.75 Å². The van der Waals surface area contributed by atoms with Crippen LogP contribution in [-0.4, -0.2) is 23.4 Å². The van der Waals surface area contributed by atoms with Gasteiger partial charge in [-0.2, -0.15) is 5.10 Å². The van der Waals surface area contributed by atoms with Gasteiger partial charge in [0.05, 0.1) is 12.8 Å². The number of aryl methyl sites for hydroxylation is 3. The Morgan fingerprint density at radius 3 is 2.53 bits per heavy atom. The Morgan fingerprint density at radius 1 is 1.32 bits per heavy atom. The molecule has 1 unspecified atom stereocenters. The summed E-state index contributed by atoms with van der Waals surface area (Å²) >= 11 is 0. The van der Waals surface area contributed by atoms with Crippen LogP contribution in [0.2, 0.25) is 0 Å². The van der Waals surface area contributed by atoms with Crippen LogP contribution < -0.4 is 10.5 Å². The van der Waals surface area contributed by atoms with Crippen LogP contribution in [0.1, 0.15) is 28.4 Å². The van der Waals surface area contributed by atoms with Crippen molar-refractivity contribution in [1.29, 1.82) is 0 Å². The van der Waals surface area contributed by atoms with E-state index in [1.165, 1.54) is 11.1 Å². The number of rotatable bonds is 4. The van der Waals surface area contributed by atoms with Gasteiger partial charge in [0.15, 0.2) is 0 Å². The van der Waals surface area contributed by atoms with Gasteiger partial charge < -0.3 is 10.5 Å². The van der Waals surface area contributed by atoms with Gasteiger partial charge in [0.1, 0.15) is 5.75 Å². The maximum absolute atomic E-state index is 5.98. The molecule has 0 spiro atoms. The van der Waals surface area contributed by atoms with Crippen LogP contribution in [0, 0.1) is 13.8 Å². The highest BCUT2D eigenvalue weighted by Gasteiger charge is 2.18. The summed E-state index contributed by atoms with van der Waals surface area (Å²) in [4.78, 5) is 0. The van der Waals surface area contributed by atoms with Crippen molar-refractivity contribution in [1.82, 2.24) is 9.78 Å². The van der Waals surface area contributed by atoms with Crippen LogP contribution in [0.3, 0.4) is 0 Å². The monoisotopic (exact) mass is 259 g/mol. The number of hydrogen-bond donors (Lipinski definition) is 1. The van der Waals surface area contributed by atoms with Crippen LogP contribution in [0.25, 0.3) is 0 Å². The molecule has 0 saturated heterocycles. The Kier molecular flexibility index (Phi) is 3.90. The van der Waals surface area contributed by atoms with Crippen LogP contribution in [0.5, 0.6) is 5.75 Å². The third-order valence-corrected chi connectivity index (χ3v) is 3.48. The summed E-state index contributed by atoms with van der Waals surface area (Å²) in [6, 6.07) is 8.21. The van der Waals surface area contributed by atoms with Crippen LogP contribution in [0.4, 0.5) is 0 Å². The quantitative estimate of drug-likeness (QED) is 0.915. The van der Waals surface area contributed by atoms with Crippen molar-refractivity contribution < 1.29 is 4.74 Å². The first-order valence-electron chi connectivity index (χ1n) is 6.42. The molecule has 2 aromatic rings. The zero-order valence-electron chi connectivity index (χ0n) is 12.0. The normalized spacial score (nSPS) is 12.5. The Labute approximate surface area is 114 Å². The molecule has 0 radical (unpaired) electrons. The summed E-state index contributed by atoms with van der Waals surface area (Å²) in [5.41, 5.74) is 10.6. The van der Waals surface area contributed by atoms with E-state index in [0.717, 1.165) is 17.1 Å². The van der Waals surface area contributed by atoms with Gasteiger partial charge >= 0.3 is 0 Å². The highest BCUT2D eigenvalue weighted by molar-refractivity contribution is 5.40. The minimum absolute atomic E-state index is 0.164. The molecular formula is C15H21N3O. The summed E-state index contributed by atoms with van der Waals surface area (Å²) in [6.45, 7) is 4.65. The fraction of sp³-hybridized carbons (Fsp3) is 0.400. The first-order valence-corrected chi connectivity index (χ1v) is 6.42. The predicted octanol–water partition coefficient (Wildman–Crippen LogP) is 2.14. The van der Waals surface area contributed by atoms with Crippen molar-refractivity contribution >= 4 is 0 Å². The zero-order chi connectivity index (χ0) is 14.0. The molecule has 19 heavy (non-hydrogen) atoms. The lowest BCUT2D eigenvalue weighted by Crippen LogP contribution is -2.18. The van der Waals surface area contributed by atoms with Gasteiger partial charge in [0.25, 0.3) is 0 Å². The molecule has 1 aromatic carbocycles. The number of methoxy groups -OCH3 is 1. The fourth-order valence-electron chi connectivity index (χ4n) is 2.53. The lowest BCUT2D eigenvalue weighted by atomic mass is 9.91. The number of benzene rings is 1. The molecule has 2 rings (SSSR count). The van der Waals surface area contributed by atoms with Crippen LogP contribution in [-0.2, 0) is 7.05 Å². The highest BCUT2D eigenvalue weighted by atomic mass is 16.5. The van der Waals surface area contributed by atoms with Gasteiger partial charge in [-0.3, -0.25) is 4.68 Å². The second-order valence-electron chi connectivity index (χ2n) is 4.84. The minimum atomic E-state index is 0.164. The molecule has 0 aliphatic heterocycles. The predicted molar refractivity (Wildman–Crippen MR) is 76.6 cm³/mol. The van der Waals surface area contributed by atoms with Gasteiger partial charge in [0.2, 0.25) is 0 Å². The Balaban J connectivity index is 2.45. The molecule has 0 saturated carbocycles. The van der Waals surface area contributed by atoms with Crippen LogP contribution in [0.15, 0.2) is 24.3 Å². The third-order valence-electron chi connectivity index (χ3n) is 3.48. The van der Waals surface area contributed by atoms with Gasteiger partial charge in [0, 0.05) is 25.2 Å². The molecule has 1 aromatic heterocycles. The van der Waals surface area contributed by atoms with Crippen molar-refractivity contribution in [2.75, 3.05) is 13.7 Å². The Hall–Kier alpha value is -1.81. The Morgan fingerprint density at radius 2 is 2.05 bits per heavy atom. The lowest BCUT2D eigenvalue weighted by Gasteiger charge is -2.18. The molecular weight excluding hydrogens is 238 g/mol. The third kappa shape index (κ3) is 2.63. The summed E-state index contributed by atoms with van der Waals surface area (Å²) in [5.74, 6) is 1.04. The van der Waals surface area contributed by atoms with Gasteiger partial charge in [-0.15, -0.1) is 0 Å². The topological polar surface area (TPSA) is 53.1 Å². The van der Waals surface area contributed by atoms with E-state index in [1.54, 1.807) is 7.11 Å². The second kappa shape index (κ2) is 5.45. The van der Waals surface area contributed by atoms with E-state index in [0.29, 0.717) is 6.54 Å². The number of ether oxygens (including phenoxy) is 1. The Bertz CT molecular complexity index is 575. The average molecular weight is 259 g/mol. The van der Waals surface area contributed by atoms with E-state index in [9.17, 15) is 0 Å². The molecule has 4 nitrogen and oxygen atoms in total. The molecule has 4 heteroatoms. The van der Waals surface area contributed by atoms with Crippen molar-refractivity contribution in [2.24, 2.45) is 12.8 Å². The lowest BCUT2D eigenvalue weighted by molar-refractivity contribution is 0.414. The van der Waals surface area contributed by atoms with E-state index in [-0.39, 0.29) is 5.92 Å². The molecule has 2 N–H and O–H groups in total. The molecule has 1 heterocycles. The summed E-state index contributed by atoms with van der Waals surface area (Å²) in [6.07, 6.45) is 0. The summed E-state index contributed by atoms with van der Waals surface area (Å²) in [5, 5.41) is 4.41. The van der Waals surface area contributed by atoms with Crippen LogP contribution >= 0.6 is 0 Å². The van der Waals surface area contributed by atoms with E-state index in [1.807, 2.05) is 30.8 Å². The fourth-order valence-corrected chi connectivity index (χ4v) is 2.53. The molecule has 0 bridgehead atoms. The van der Waals surface area contributed by atoms with Crippen molar-refractivity contribution in [2.45, 2.75) is 19.8 Å². The van der Waals surface area contributed by atoms with E-state index < -0.39 is 0 Å². The molecule has 102 valence electrons. The van der Waals surface area contributed by atoms with E-state index in [4.69, 9.17) is 10.5 Å². The van der Waals surface area contributed by atoms with Gasteiger partial charge in [-0.1, -0.05) is 6.07 Å². The van der Waals surface area contributed by atoms with Gasteiger partial charge in [-0.25, -0.2) is 0 Å². The maximum atomic E-state index is 5.98.